The standard InChI is InChI=1S/C9H10NO4/c11-10(12)14-8-4-7-13-9-5-2-1-3-6-9/h2-3,5-6H,4,7-8H2. The zero-order valence-corrected chi connectivity index (χ0v) is 7.51. The second kappa shape index (κ2) is 5.80. The first-order valence-corrected chi connectivity index (χ1v) is 4.15. The molecule has 0 saturated heterocycles. The van der Waals surface area contributed by atoms with Crippen molar-refractivity contribution >= 4 is 0 Å². The molecule has 1 radical (unpaired) electrons. The Morgan fingerprint density at radius 2 is 2.07 bits per heavy atom. The minimum Gasteiger partial charge on any atom is -0.494 e. The molecule has 0 spiro atoms. The number of hydrogen-bond donors (Lipinski definition) is 0. The highest BCUT2D eigenvalue weighted by Gasteiger charge is 1.95. The van der Waals surface area contributed by atoms with Gasteiger partial charge in [0.1, 0.15) is 5.75 Å². The van der Waals surface area contributed by atoms with E-state index in [0.29, 0.717) is 13.0 Å². The number of rotatable bonds is 6. The van der Waals surface area contributed by atoms with Gasteiger partial charge in [0.05, 0.1) is 13.2 Å². The van der Waals surface area contributed by atoms with Crippen molar-refractivity contribution in [1.29, 1.82) is 0 Å². The van der Waals surface area contributed by atoms with Crippen LogP contribution < -0.4 is 4.74 Å². The van der Waals surface area contributed by atoms with Gasteiger partial charge in [0.2, 0.25) is 0 Å². The minimum absolute atomic E-state index is 0.0615. The largest absolute Gasteiger partial charge is 0.494 e. The predicted octanol–water partition coefficient (Wildman–Crippen LogP) is 1.46. The SMILES string of the molecule is O=[N+]([O-])OCCCOc1cc[c]cc1. The average molecular weight is 196 g/mol. The fourth-order valence-corrected chi connectivity index (χ4v) is 0.856. The lowest BCUT2D eigenvalue weighted by molar-refractivity contribution is -0.757. The zero-order valence-electron chi connectivity index (χ0n) is 7.51. The summed E-state index contributed by atoms with van der Waals surface area (Å²) in [5.41, 5.74) is 0. The highest BCUT2D eigenvalue weighted by Crippen LogP contribution is 2.07. The lowest BCUT2D eigenvalue weighted by Gasteiger charge is -2.04. The van der Waals surface area contributed by atoms with E-state index in [9.17, 15) is 10.1 Å². The van der Waals surface area contributed by atoms with Crippen molar-refractivity contribution in [3.63, 3.8) is 0 Å². The van der Waals surface area contributed by atoms with Crippen molar-refractivity contribution in [3.05, 3.63) is 40.4 Å². The second-order valence-corrected chi connectivity index (χ2v) is 2.49. The van der Waals surface area contributed by atoms with Crippen LogP contribution in [-0.2, 0) is 4.84 Å². The maximum Gasteiger partial charge on any atom is 0.294 e. The van der Waals surface area contributed by atoms with Crippen LogP contribution in [0.15, 0.2) is 24.3 Å². The van der Waals surface area contributed by atoms with Gasteiger partial charge in [-0.3, -0.25) is 0 Å². The maximum absolute atomic E-state index is 9.77. The quantitative estimate of drug-likeness (QED) is 0.392. The molecule has 0 heterocycles. The van der Waals surface area contributed by atoms with E-state index in [0.717, 1.165) is 5.75 Å². The van der Waals surface area contributed by atoms with Gasteiger partial charge in [-0.2, -0.15) is 0 Å². The third kappa shape index (κ3) is 4.30. The Morgan fingerprint density at radius 3 is 2.71 bits per heavy atom. The van der Waals surface area contributed by atoms with Gasteiger partial charge < -0.3 is 9.57 Å². The Kier molecular flexibility index (Phi) is 4.26. The van der Waals surface area contributed by atoms with Crippen LogP contribution in [-0.4, -0.2) is 18.3 Å². The first-order valence-electron chi connectivity index (χ1n) is 4.15. The van der Waals surface area contributed by atoms with Crippen molar-refractivity contribution in [2.24, 2.45) is 0 Å². The summed E-state index contributed by atoms with van der Waals surface area (Å²) in [6.07, 6.45) is 0.486. The van der Waals surface area contributed by atoms with Gasteiger partial charge >= 0.3 is 0 Å². The summed E-state index contributed by atoms with van der Waals surface area (Å²) in [7, 11) is 0. The molecule has 0 unspecified atom stereocenters. The Labute approximate surface area is 81.4 Å². The van der Waals surface area contributed by atoms with Gasteiger partial charge in [-0.05, 0) is 18.2 Å². The maximum atomic E-state index is 9.77. The van der Waals surface area contributed by atoms with Crippen LogP contribution in [0, 0.1) is 16.2 Å². The fraction of sp³-hybridized carbons (Fsp3) is 0.333. The molecule has 0 aromatic heterocycles. The summed E-state index contributed by atoms with van der Waals surface area (Å²) in [6.45, 7) is 0.462. The molecular weight excluding hydrogens is 186 g/mol. The molecule has 1 aromatic carbocycles. The average Bonchev–Trinajstić information content (AvgIpc) is 2.18. The zero-order chi connectivity index (χ0) is 10.2. The molecule has 0 N–H and O–H groups in total. The third-order valence-electron chi connectivity index (χ3n) is 1.44. The number of nitrogens with zero attached hydrogens (tertiary/aromatic N) is 1. The van der Waals surface area contributed by atoms with Crippen LogP contribution in [0.1, 0.15) is 6.42 Å². The molecule has 0 atom stereocenters. The summed E-state index contributed by atoms with van der Waals surface area (Å²) in [5, 5.41) is 8.96. The first kappa shape index (κ1) is 10.3. The van der Waals surface area contributed by atoms with E-state index in [1.807, 2.05) is 0 Å². The second-order valence-electron chi connectivity index (χ2n) is 2.49. The molecule has 1 aromatic rings. The van der Waals surface area contributed by atoms with Gasteiger partial charge in [0.25, 0.3) is 5.09 Å². The van der Waals surface area contributed by atoms with Crippen LogP contribution >= 0.6 is 0 Å². The Bertz CT molecular complexity index is 275. The van der Waals surface area contributed by atoms with Crippen LogP contribution in [0.5, 0.6) is 5.75 Å². The van der Waals surface area contributed by atoms with Gasteiger partial charge in [-0.1, -0.05) is 12.1 Å². The molecule has 5 nitrogen and oxygen atoms in total. The molecule has 0 aliphatic heterocycles. The van der Waals surface area contributed by atoms with Crippen LogP contribution in [0.2, 0.25) is 0 Å². The van der Waals surface area contributed by atoms with Crippen molar-refractivity contribution in [3.8, 4) is 5.75 Å². The number of benzene rings is 1. The smallest absolute Gasteiger partial charge is 0.294 e. The molecular formula is C9H10NO4. The van der Waals surface area contributed by atoms with Crippen molar-refractivity contribution in [1.82, 2.24) is 0 Å². The molecule has 14 heavy (non-hydrogen) atoms. The molecule has 0 aliphatic carbocycles. The molecule has 0 bridgehead atoms. The Balaban J connectivity index is 2.08. The topological polar surface area (TPSA) is 61.6 Å². The van der Waals surface area contributed by atoms with Gasteiger partial charge in [-0.25, -0.2) is 0 Å². The normalized spacial score (nSPS) is 9.43. The molecule has 0 amide bonds. The first-order chi connectivity index (χ1) is 6.79. The lowest BCUT2D eigenvalue weighted by atomic mass is 10.3. The van der Waals surface area contributed by atoms with E-state index in [4.69, 9.17) is 4.74 Å². The van der Waals surface area contributed by atoms with Crippen molar-refractivity contribution in [2.75, 3.05) is 13.2 Å². The molecule has 75 valence electrons. The minimum atomic E-state index is -0.808. The third-order valence-corrected chi connectivity index (χ3v) is 1.44. The highest BCUT2D eigenvalue weighted by atomic mass is 16.9. The fourth-order valence-electron chi connectivity index (χ4n) is 0.856. The van der Waals surface area contributed by atoms with E-state index in [1.54, 1.807) is 24.3 Å². The Hall–Kier alpha value is -1.78. The van der Waals surface area contributed by atoms with E-state index >= 15 is 0 Å². The Morgan fingerprint density at radius 1 is 1.36 bits per heavy atom. The number of hydrogen-bond acceptors (Lipinski definition) is 4. The van der Waals surface area contributed by atoms with E-state index in [-0.39, 0.29) is 6.61 Å². The predicted molar refractivity (Wildman–Crippen MR) is 48.3 cm³/mol. The van der Waals surface area contributed by atoms with Crippen LogP contribution in [0.3, 0.4) is 0 Å². The van der Waals surface area contributed by atoms with Crippen molar-refractivity contribution < 1.29 is 14.7 Å². The van der Waals surface area contributed by atoms with Crippen molar-refractivity contribution in [2.45, 2.75) is 6.42 Å². The molecule has 0 fully saturated rings. The molecule has 1 rings (SSSR count). The van der Waals surface area contributed by atoms with Gasteiger partial charge in [-0.15, -0.1) is 10.1 Å². The lowest BCUT2D eigenvalue weighted by Crippen LogP contribution is -2.06. The highest BCUT2D eigenvalue weighted by molar-refractivity contribution is 5.20. The summed E-state index contributed by atoms with van der Waals surface area (Å²) in [6, 6.07) is 9.88. The summed E-state index contributed by atoms with van der Waals surface area (Å²) < 4.78 is 5.27. The summed E-state index contributed by atoms with van der Waals surface area (Å²) in [5.74, 6) is 0.727. The molecule has 0 aliphatic rings. The monoisotopic (exact) mass is 196 g/mol. The number of ether oxygens (including phenoxy) is 1. The van der Waals surface area contributed by atoms with Gasteiger partial charge in [0, 0.05) is 6.42 Å². The van der Waals surface area contributed by atoms with E-state index < -0.39 is 5.09 Å². The summed E-state index contributed by atoms with van der Waals surface area (Å²) >= 11 is 0. The van der Waals surface area contributed by atoms with E-state index in [1.165, 1.54) is 0 Å². The molecule has 0 saturated carbocycles. The van der Waals surface area contributed by atoms with E-state index in [2.05, 4.69) is 10.9 Å². The van der Waals surface area contributed by atoms with Gasteiger partial charge in [0.15, 0.2) is 0 Å². The van der Waals surface area contributed by atoms with Crippen LogP contribution in [0.4, 0.5) is 0 Å². The molecule has 5 heteroatoms. The summed E-state index contributed by atoms with van der Waals surface area (Å²) in [4.78, 5) is 13.9. The van der Waals surface area contributed by atoms with Crippen LogP contribution in [0.25, 0.3) is 0 Å².